The molecule has 0 unspecified atom stereocenters. The van der Waals surface area contributed by atoms with Crippen molar-refractivity contribution in [1.82, 2.24) is 14.9 Å². The number of thiophene rings is 1. The second-order valence-electron chi connectivity index (χ2n) is 3.57. The maximum Gasteiger partial charge on any atom is 0.327 e. The fourth-order valence-electron chi connectivity index (χ4n) is 1.38. The lowest BCUT2D eigenvalue weighted by atomic mass is 10.2. The summed E-state index contributed by atoms with van der Waals surface area (Å²) in [5.74, 6) is 0. The zero-order valence-corrected chi connectivity index (χ0v) is 10.0. The van der Waals surface area contributed by atoms with Gasteiger partial charge in [-0.2, -0.15) is 0 Å². The zero-order valence-electron chi connectivity index (χ0n) is 9.23. The second kappa shape index (κ2) is 4.49. The number of aromatic nitrogens is 2. The van der Waals surface area contributed by atoms with Crippen molar-refractivity contribution in [3.8, 4) is 0 Å². The molecular weight excluding hydrogens is 222 g/mol. The predicted octanol–water partition coefficient (Wildman–Crippen LogP) is 2.32. The van der Waals surface area contributed by atoms with Crippen LogP contribution in [0, 0.1) is 13.8 Å². The third-order valence-electron chi connectivity index (χ3n) is 2.56. The summed E-state index contributed by atoms with van der Waals surface area (Å²) in [6.07, 6.45) is 4.70. The van der Waals surface area contributed by atoms with Crippen molar-refractivity contribution >= 4 is 17.4 Å². The number of rotatable bonds is 2. The van der Waals surface area contributed by atoms with Crippen LogP contribution in [-0.4, -0.2) is 15.6 Å². The molecule has 2 heterocycles. The van der Waals surface area contributed by atoms with Gasteiger partial charge in [0.05, 0.1) is 0 Å². The molecule has 0 radical (unpaired) electrons. The first-order valence-corrected chi connectivity index (χ1v) is 5.86. The molecule has 2 aromatic heterocycles. The molecule has 0 aliphatic heterocycles. The quantitative estimate of drug-likeness (QED) is 0.868. The summed E-state index contributed by atoms with van der Waals surface area (Å²) in [6.45, 7) is 4.72. The van der Waals surface area contributed by atoms with Crippen LogP contribution >= 0.6 is 11.3 Å². The van der Waals surface area contributed by atoms with E-state index in [1.165, 1.54) is 26.9 Å². The number of nitrogens with zero attached hydrogens (tertiary/aromatic N) is 2. The Bertz CT molecular complexity index is 487. The van der Waals surface area contributed by atoms with Gasteiger partial charge in [-0.1, -0.05) is 0 Å². The number of imidazole rings is 1. The van der Waals surface area contributed by atoms with E-state index in [4.69, 9.17) is 0 Å². The van der Waals surface area contributed by atoms with Crippen molar-refractivity contribution in [2.45, 2.75) is 20.4 Å². The highest BCUT2D eigenvalue weighted by Gasteiger charge is 2.06. The van der Waals surface area contributed by atoms with Gasteiger partial charge in [-0.3, -0.25) is 4.57 Å². The fourth-order valence-corrected chi connectivity index (χ4v) is 2.27. The van der Waals surface area contributed by atoms with Gasteiger partial charge >= 0.3 is 6.03 Å². The van der Waals surface area contributed by atoms with Crippen molar-refractivity contribution in [1.29, 1.82) is 0 Å². The van der Waals surface area contributed by atoms with Gasteiger partial charge in [0.25, 0.3) is 0 Å². The van der Waals surface area contributed by atoms with E-state index in [2.05, 4.69) is 29.5 Å². The summed E-state index contributed by atoms with van der Waals surface area (Å²) >= 11 is 1.71. The van der Waals surface area contributed by atoms with Crippen molar-refractivity contribution < 1.29 is 4.79 Å². The van der Waals surface area contributed by atoms with Crippen molar-refractivity contribution in [3.05, 3.63) is 40.1 Å². The van der Waals surface area contributed by atoms with Crippen LogP contribution in [0.2, 0.25) is 0 Å². The topological polar surface area (TPSA) is 46.9 Å². The Morgan fingerprint density at radius 1 is 1.56 bits per heavy atom. The summed E-state index contributed by atoms with van der Waals surface area (Å²) in [5.41, 5.74) is 2.44. The smallest absolute Gasteiger partial charge is 0.327 e. The van der Waals surface area contributed by atoms with E-state index in [9.17, 15) is 4.79 Å². The van der Waals surface area contributed by atoms with Crippen molar-refractivity contribution in [2.75, 3.05) is 0 Å². The molecular formula is C11H13N3OS. The standard InChI is InChI=1S/C11H13N3OS/c1-8-9(2)16-6-10(8)5-13-11(15)14-4-3-12-7-14/h3-4,6-7H,5H2,1-2H3,(H,13,15). The van der Waals surface area contributed by atoms with Crippen LogP contribution in [0.3, 0.4) is 0 Å². The van der Waals surface area contributed by atoms with Gasteiger partial charge in [-0.25, -0.2) is 9.78 Å². The maximum atomic E-state index is 11.6. The summed E-state index contributed by atoms with van der Waals surface area (Å²) in [6, 6.07) is -0.152. The predicted molar refractivity (Wildman–Crippen MR) is 63.7 cm³/mol. The number of carbonyl (C=O) groups is 1. The van der Waals surface area contributed by atoms with E-state index >= 15 is 0 Å². The Balaban J connectivity index is 1.98. The first kappa shape index (κ1) is 10.9. The molecule has 2 aromatic rings. The third kappa shape index (κ3) is 2.14. The molecule has 0 saturated heterocycles. The lowest BCUT2D eigenvalue weighted by Gasteiger charge is -2.04. The van der Waals surface area contributed by atoms with Crippen LogP contribution in [0.5, 0.6) is 0 Å². The first-order chi connectivity index (χ1) is 7.68. The Morgan fingerprint density at radius 2 is 2.38 bits per heavy atom. The number of carbonyl (C=O) groups excluding carboxylic acids is 1. The fraction of sp³-hybridized carbons (Fsp3) is 0.273. The lowest BCUT2D eigenvalue weighted by Crippen LogP contribution is -2.27. The number of hydrogen-bond acceptors (Lipinski definition) is 3. The zero-order chi connectivity index (χ0) is 11.5. The molecule has 2 rings (SSSR count). The van der Waals surface area contributed by atoms with E-state index in [-0.39, 0.29) is 6.03 Å². The van der Waals surface area contributed by atoms with Gasteiger partial charge in [-0.15, -0.1) is 11.3 Å². The second-order valence-corrected chi connectivity index (χ2v) is 4.65. The maximum absolute atomic E-state index is 11.6. The average Bonchev–Trinajstić information content (AvgIpc) is 2.89. The van der Waals surface area contributed by atoms with E-state index in [0.717, 1.165) is 0 Å². The molecule has 0 atom stereocenters. The summed E-state index contributed by atoms with van der Waals surface area (Å²) < 4.78 is 1.43. The SMILES string of the molecule is Cc1scc(CNC(=O)n2ccnc2)c1C. The van der Waals surface area contributed by atoms with Crippen molar-refractivity contribution in [2.24, 2.45) is 0 Å². The summed E-state index contributed by atoms with van der Waals surface area (Å²) in [7, 11) is 0. The molecule has 16 heavy (non-hydrogen) atoms. The van der Waals surface area contributed by atoms with Gasteiger partial charge in [-0.05, 0) is 30.4 Å². The Hall–Kier alpha value is -1.62. The Kier molecular flexibility index (Phi) is 3.05. The average molecular weight is 235 g/mol. The van der Waals surface area contributed by atoms with Gasteiger partial charge in [0, 0.05) is 23.8 Å². The van der Waals surface area contributed by atoms with E-state index in [0.29, 0.717) is 6.54 Å². The lowest BCUT2D eigenvalue weighted by molar-refractivity contribution is 0.242. The minimum Gasteiger partial charge on any atom is -0.333 e. The summed E-state index contributed by atoms with van der Waals surface area (Å²) in [4.78, 5) is 16.7. The van der Waals surface area contributed by atoms with Crippen LogP contribution in [0.25, 0.3) is 0 Å². The highest BCUT2D eigenvalue weighted by atomic mass is 32.1. The summed E-state index contributed by atoms with van der Waals surface area (Å²) in [5, 5.41) is 4.93. The largest absolute Gasteiger partial charge is 0.333 e. The molecule has 5 heteroatoms. The molecule has 0 aliphatic rings. The number of amides is 1. The monoisotopic (exact) mass is 235 g/mol. The van der Waals surface area contributed by atoms with Gasteiger partial charge in [0.15, 0.2) is 0 Å². The Labute approximate surface area is 97.9 Å². The molecule has 0 bridgehead atoms. The van der Waals surface area contributed by atoms with Crippen LogP contribution in [0.1, 0.15) is 16.0 Å². The van der Waals surface area contributed by atoms with Crippen LogP contribution in [0.15, 0.2) is 24.1 Å². The number of aryl methyl sites for hydroxylation is 1. The first-order valence-electron chi connectivity index (χ1n) is 4.98. The Morgan fingerprint density at radius 3 is 2.94 bits per heavy atom. The van der Waals surface area contributed by atoms with Gasteiger partial charge in [0.1, 0.15) is 6.33 Å². The highest BCUT2D eigenvalue weighted by Crippen LogP contribution is 2.20. The third-order valence-corrected chi connectivity index (χ3v) is 3.62. The van der Waals surface area contributed by atoms with Gasteiger partial charge < -0.3 is 5.32 Å². The molecule has 0 aromatic carbocycles. The number of nitrogens with one attached hydrogen (secondary N) is 1. The molecule has 0 saturated carbocycles. The minimum atomic E-state index is -0.152. The van der Waals surface area contributed by atoms with E-state index in [1.54, 1.807) is 23.7 Å². The molecule has 4 nitrogen and oxygen atoms in total. The normalized spacial score (nSPS) is 10.4. The highest BCUT2D eigenvalue weighted by molar-refractivity contribution is 7.10. The van der Waals surface area contributed by atoms with Crippen LogP contribution in [-0.2, 0) is 6.54 Å². The molecule has 84 valence electrons. The number of hydrogen-bond donors (Lipinski definition) is 1. The molecule has 1 amide bonds. The van der Waals surface area contributed by atoms with Gasteiger partial charge in [0.2, 0.25) is 0 Å². The molecule has 0 aliphatic carbocycles. The molecule has 0 spiro atoms. The van der Waals surface area contributed by atoms with Crippen LogP contribution < -0.4 is 5.32 Å². The van der Waals surface area contributed by atoms with Crippen molar-refractivity contribution in [3.63, 3.8) is 0 Å². The molecule has 0 fully saturated rings. The minimum absolute atomic E-state index is 0.152. The molecule has 1 N–H and O–H groups in total. The van der Waals surface area contributed by atoms with E-state index < -0.39 is 0 Å². The van der Waals surface area contributed by atoms with Crippen LogP contribution in [0.4, 0.5) is 4.79 Å². The van der Waals surface area contributed by atoms with E-state index in [1.807, 2.05) is 0 Å².